The van der Waals surface area contributed by atoms with Gasteiger partial charge in [0.1, 0.15) is 11.6 Å². The summed E-state index contributed by atoms with van der Waals surface area (Å²) in [6.07, 6.45) is 3.08. The molecule has 8 nitrogen and oxygen atoms in total. The Bertz CT molecular complexity index is 1310. The van der Waals surface area contributed by atoms with Crippen LogP contribution in [0.3, 0.4) is 0 Å². The molecule has 1 saturated heterocycles. The van der Waals surface area contributed by atoms with E-state index < -0.39 is 28.7 Å². The highest BCUT2D eigenvalue weighted by Crippen LogP contribution is 2.41. The molecule has 5 rings (SSSR count). The van der Waals surface area contributed by atoms with E-state index in [0.29, 0.717) is 42.5 Å². The Morgan fingerprint density at radius 3 is 2.75 bits per heavy atom. The molecule has 1 aromatic carbocycles. The second-order valence-electron chi connectivity index (χ2n) is 8.14. The van der Waals surface area contributed by atoms with Crippen molar-refractivity contribution in [2.75, 3.05) is 24.6 Å². The third-order valence-corrected chi connectivity index (χ3v) is 8.00. The molecule has 0 aliphatic carbocycles. The number of nitrogens with zero attached hydrogens (tertiary/aromatic N) is 5. The zero-order chi connectivity index (χ0) is 25.2. The molecule has 1 fully saturated rings. The van der Waals surface area contributed by atoms with Gasteiger partial charge in [-0.3, -0.25) is 4.99 Å². The molecule has 36 heavy (non-hydrogen) atoms. The third-order valence-electron chi connectivity index (χ3n) is 6.09. The van der Waals surface area contributed by atoms with Crippen LogP contribution in [0.4, 0.5) is 13.9 Å². The SMILES string of the molecule is CCOC(=O)C1=C(C2CCN(c3nncs3)CC2)NC(c2nccs2)=NC1c1ccc(F)c(F)c1Cl. The molecule has 2 aromatic heterocycles. The van der Waals surface area contributed by atoms with Gasteiger partial charge < -0.3 is 15.0 Å². The number of rotatable bonds is 6. The van der Waals surface area contributed by atoms with Crippen LogP contribution in [-0.2, 0) is 9.53 Å². The van der Waals surface area contributed by atoms with Gasteiger partial charge in [0.05, 0.1) is 17.2 Å². The molecular formula is C23H21ClF2N6O2S2. The molecule has 0 spiro atoms. The van der Waals surface area contributed by atoms with E-state index in [2.05, 4.69) is 25.4 Å². The molecule has 0 radical (unpaired) electrons. The van der Waals surface area contributed by atoms with Crippen molar-refractivity contribution < 1.29 is 18.3 Å². The molecule has 188 valence electrons. The summed E-state index contributed by atoms with van der Waals surface area (Å²) >= 11 is 9.10. The van der Waals surface area contributed by atoms with Crippen LogP contribution < -0.4 is 10.2 Å². The number of carbonyl (C=O) groups is 1. The van der Waals surface area contributed by atoms with E-state index in [9.17, 15) is 13.6 Å². The maximum absolute atomic E-state index is 14.5. The van der Waals surface area contributed by atoms with Gasteiger partial charge in [-0.25, -0.2) is 18.6 Å². The maximum Gasteiger partial charge on any atom is 0.338 e. The van der Waals surface area contributed by atoms with E-state index in [1.807, 2.05) is 5.38 Å². The lowest BCUT2D eigenvalue weighted by Gasteiger charge is -2.36. The van der Waals surface area contributed by atoms with Gasteiger partial charge in [-0.1, -0.05) is 29.0 Å². The molecular weight excluding hydrogens is 530 g/mol. The monoisotopic (exact) mass is 550 g/mol. The lowest BCUT2D eigenvalue weighted by atomic mass is 9.85. The van der Waals surface area contributed by atoms with Crippen molar-refractivity contribution in [2.24, 2.45) is 10.9 Å². The summed E-state index contributed by atoms with van der Waals surface area (Å²) in [4.78, 5) is 24.5. The Hall–Kier alpha value is -2.96. The molecule has 1 unspecified atom stereocenters. The van der Waals surface area contributed by atoms with Crippen molar-refractivity contribution in [1.29, 1.82) is 0 Å². The lowest BCUT2D eigenvalue weighted by Crippen LogP contribution is -2.41. The highest BCUT2D eigenvalue weighted by atomic mass is 35.5. The molecule has 0 bridgehead atoms. The Balaban J connectivity index is 1.59. The number of allylic oxidation sites excluding steroid dienone is 1. The van der Waals surface area contributed by atoms with Crippen LogP contribution in [0.5, 0.6) is 0 Å². The lowest BCUT2D eigenvalue weighted by molar-refractivity contribution is -0.139. The number of aromatic nitrogens is 3. The number of amidine groups is 1. The second kappa shape index (κ2) is 10.6. The molecule has 3 aromatic rings. The smallest absolute Gasteiger partial charge is 0.338 e. The summed E-state index contributed by atoms with van der Waals surface area (Å²) in [5.74, 6) is -2.46. The van der Waals surface area contributed by atoms with Crippen LogP contribution in [0.1, 0.15) is 36.4 Å². The number of hydrogen-bond acceptors (Lipinski definition) is 10. The summed E-state index contributed by atoms with van der Waals surface area (Å²) in [6, 6.07) is 1.34. The van der Waals surface area contributed by atoms with Crippen molar-refractivity contribution in [2.45, 2.75) is 25.8 Å². The minimum absolute atomic E-state index is 0.0504. The molecule has 1 N–H and O–H groups in total. The zero-order valence-corrected chi connectivity index (χ0v) is 21.5. The number of halogens is 3. The normalized spacial score (nSPS) is 18.7. The molecule has 1 atom stereocenters. The van der Waals surface area contributed by atoms with Crippen molar-refractivity contribution in [3.05, 3.63) is 67.7 Å². The van der Waals surface area contributed by atoms with Gasteiger partial charge in [-0.2, -0.15) is 0 Å². The van der Waals surface area contributed by atoms with Gasteiger partial charge in [0.15, 0.2) is 22.5 Å². The van der Waals surface area contributed by atoms with Crippen LogP contribution in [0.15, 0.2) is 45.5 Å². The second-order valence-corrected chi connectivity index (χ2v) is 10.2. The fourth-order valence-corrected chi connectivity index (χ4v) is 5.87. The number of carbonyl (C=O) groups excluding carboxylic acids is 1. The number of thiazole rings is 1. The van der Waals surface area contributed by atoms with Gasteiger partial charge >= 0.3 is 5.97 Å². The minimum atomic E-state index is -1.19. The zero-order valence-electron chi connectivity index (χ0n) is 19.1. The van der Waals surface area contributed by atoms with Gasteiger partial charge in [-0.05, 0) is 25.8 Å². The topological polar surface area (TPSA) is 92.6 Å². The largest absolute Gasteiger partial charge is 0.463 e. The number of esters is 1. The fraction of sp³-hybridized carbons (Fsp3) is 0.348. The van der Waals surface area contributed by atoms with E-state index in [1.165, 1.54) is 28.7 Å². The average molecular weight is 551 g/mol. The van der Waals surface area contributed by atoms with Crippen molar-refractivity contribution >= 4 is 51.2 Å². The molecule has 13 heteroatoms. The number of ether oxygens (including phenoxy) is 1. The summed E-state index contributed by atoms with van der Waals surface area (Å²) in [7, 11) is 0. The number of anilines is 1. The minimum Gasteiger partial charge on any atom is -0.463 e. The number of aliphatic imine (C=N–C) groups is 1. The van der Waals surface area contributed by atoms with Gasteiger partial charge in [0.25, 0.3) is 0 Å². The Morgan fingerprint density at radius 2 is 2.08 bits per heavy atom. The van der Waals surface area contributed by atoms with Crippen LogP contribution in [-0.4, -0.2) is 46.7 Å². The summed E-state index contributed by atoms with van der Waals surface area (Å²) < 4.78 is 33.8. The average Bonchev–Trinajstić information content (AvgIpc) is 3.62. The summed E-state index contributed by atoms with van der Waals surface area (Å²) in [6.45, 7) is 3.27. The van der Waals surface area contributed by atoms with Gasteiger partial charge in [0.2, 0.25) is 5.13 Å². The number of piperidine rings is 1. The van der Waals surface area contributed by atoms with E-state index in [4.69, 9.17) is 21.3 Å². The first kappa shape index (κ1) is 24.7. The predicted molar refractivity (Wildman–Crippen MR) is 134 cm³/mol. The first-order valence-electron chi connectivity index (χ1n) is 11.3. The number of benzene rings is 1. The molecule has 4 heterocycles. The first-order chi connectivity index (χ1) is 17.5. The van der Waals surface area contributed by atoms with E-state index >= 15 is 0 Å². The predicted octanol–water partition coefficient (Wildman–Crippen LogP) is 4.75. The Labute approximate surface area is 218 Å². The third kappa shape index (κ3) is 4.72. The number of hydrogen-bond donors (Lipinski definition) is 1. The molecule has 2 aliphatic heterocycles. The quantitative estimate of drug-likeness (QED) is 0.350. The van der Waals surface area contributed by atoms with E-state index in [-0.39, 0.29) is 23.7 Å². The van der Waals surface area contributed by atoms with Gasteiger partial charge in [0, 0.05) is 41.8 Å². The van der Waals surface area contributed by atoms with Crippen LogP contribution in [0.25, 0.3) is 0 Å². The first-order valence-corrected chi connectivity index (χ1v) is 13.4. The molecule has 2 aliphatic rings. The summed E-state index contributed by atoms with van der Waals surface area (Å²) in [5.41, 5.74) is 2.74. The van der Waals surface area contributed by atoms with Gasteiger partial charge in [-0.15, -0.1) is 21.5 Å². The highest BCUT2D eigenvalue weighted by Gasteiger charge is 2.38. The Kier molecular flexibility index (Phi) is 7.26. The Morgan fingerprint density at radius 1 is 1.28 bits per heavy atom. The van der Waals surface area contributed by atoms with Crippen LogP contribution in [0.2, 0.25) is 5.02 Å². The molecule has 0 amide bonds. The standard InChI is InChI=1S/C23H21ClF2N6O2S2/c1-2-34-22(33)15-18(12-5-8-32(9-6-12)23-31-28-11-36-23)29-20(21-27-7-10-35-21)30-19(15)13-3-4-14(25)17(26)16(13)24/h3-4,7,10-12,19H,2,5-6,8-9H2,1H3,(H,29,30). The summed E-state index contributed by atoms with van der Waals surface area (Å²) in [5, 5.41) is 14.2. The fourth-order valence-electron chi connectivity index (χ4n) is 4.41. The van der Waals surface area contributed by atoms with Crippen LogP contribution in [0, 0.1) is 17.6 Å². The van der Waals surface area contributed by atoms with E-state index in [1.54, 1.807) is 18.6 Å². The highest BCUT2D eigenvalue weighted by molar-refractivity contribution is 7.13. The van der Waals surface area contributed by atoms with Crippen molar-refractivity contribution in [3.8, 4) is 0 Å². The van der Waals surface area contributed by atoms with Crippen molar-refractivity contribution in [3.63, 3.8) is 0 Å². The van der Waals surface area contributed by atoms with Crippen molar-refractivity contribution in [1.82, 2.24) is 20.5 Å². The number of nitrogens with one attached hydrogen (secondary N) is 1. The van der Waals surface area contributed by atoms with E-state index in [0.717, 1.165) is 11.2 Å². The maximum atomic E-state index is 14.5. The van der Waals surface area contributed by atoms with Crippen LogP contribution >= 0.6 is 34.3 Å². The molecule has 0 saturated carbocycles.